The molecule has 5 fully saturated rings. The monoisotopic (exact) mass is 611 g/mol. The molecule has 5 saturated carbocycles. The van der Waals surface area contributed by atoms with Gasteiger partial charge < -0.3 is 15.2 Å². The molecular formula is C38H61NO5. The number of esters is 1. The highest BCUT2D eigenvalue weighted by molar-refractivity contribution is 5.83. The quantitative estimate of drug-likeness (QED) is 0.224. The molecule has 0 aromatic heterocycles. The summed E-state index contributed by atoms with van der Waals surface area (Å²) in [7, 11) is 1.82. The van der Waals surface area contributed by atoms with Crippen LogP contribution >= 0.6 is 0 Å². The van der Waals surface area contributed by atoms with Gasteiger partial charge in [-0.1, -0.05) is 60.6 Å². The number of carbonyl (C=O) groups is 3. The molecule has 4 unspecified atom stereocenters. The molecule has 0 radical (unpaired) electrons. The van der Waals surface area contributed by atoms with E-state index in [1.165, 1.54) is 24.8 Å². The summed E-state index contributed by atoms with van der Waals surface area (Å²) in [6.07, 6.45) is 10.7. The summed E-state index contributed by atoms with van der Waals surface area (Å²) in [6.45, 7) is 22.7. The maximum absolute atomic E-state index is 13.6. The van der Waals surface area contributed by atoms with E-state index in [0.717, 1.165) is 44.9 Å². The number of carboxylic acid groups (broad SMARTS) is 1. The van der Waals surface area contributed by atoms with Gasteiger partial charge in [0.2, 0.25) is 5.91 Å². The Hall–Kier alpha value is -1.85. The van der Waals surface area contributed by atoms with Crippen LogP contribution in [0, 0.1) is 62.1 Å². The number of ether oxygens (including phenoxy) is 1. The summed E-state index contributed by atoms with van der Waals surface area (Å²) in [6, 6.07) is 0. The molecule has 2 N–H and O–H groups in total. The molecule has 0 aromatic carbocycles. The molecule has 5 rings (SSSR count). The molecule has 0 aliphatic heterocycles. The summed E-state index contributed by atoms with van der Waals surface area (Å²) in [5.74, 6) is 1.48. The van der Waals surface area contributed by atoms with Gasteiger partial charge in [-0.25, -0.2) is 0 Å². The minimum absolute atomic E-state index is 0.0465. The Morgan fingerprint density at radius 1 is 0.864 bits per heavy atom. The lowest BCUT2D eigenvalue weighted by Crippen LogP contribution is -2.67. The van der Waals surface area contributed by atoms with Crippen LogP contribution in [0.2, 0.25) is 0 Å². The van der Waals surface area contributed by atoms with E-state index in [4.69, 9.17) is 4.74 Å². The van der Waals surface area contributed by atoms with Crippen molar-refractivity contribution in [2.45, 2.75) is 139 Å². The average Bonchev–Trinajstić information content (AvgIpc) is 3.30. The third kappa shape index (κ3) is 4.81. The zero-order valence-electron chi connectivity index (χ0n) is 29.2. The van der Waals surface area contributed by atoms with Crippen LogP contribution in [0.25, 0.3) is 0 Å². The van der Waals surface area contributed by atoms with E-state index in [1.54, 1.807) is 0 Å². The van der Waals surface area contributed by atoms with Crippen LogP contribution in [0.15, 0.2) is 12.2 Å². The number of allylic oxidation sites excluding steroid dienone is 1. The fraction of sp³-hybridized carbons (Fsp3) is 0.868. The minimum Gasteiger partial charge on any atom is -0.481 e. The maximum atomic E-state index is 13.6. The molecule has 5 aliphatic carbocycles. The number of rotatable bonds is 7. The number of carbonyl (C=O) groups excluding carboxylic acids is 2. The van der Waals surface area contributed by atoms with Gasteiger partial charge in [-0.3, -0.25) is 14.4 Å². The molecule has 0 aromatic rings. The van der Waals surface area contributed by atoms with E-state index in [0.29, 0.717) is 29.6 Å². The summed E-state index contributed by atoms with van der Waals surface area (Å²) in [4.78, 5) is 38.1. The number of amides is 1. The Morgan fingerprint density at radius 3 is 2.16 bits per heavy atom. The number of aliphatic carboxylic acids is 1. The van der Waals surface area contributed by atoms with Crippen molar-refractivity contribution in [2.24, 2.45) is 62.1 Å². The number of hydrogen-bond donors (Lipinski definition) is 2. The maximum Gasteiger partial charge on any atom is 0.306 e. The van der Waals surface area contributed by atoms with E-state index in [2.05, 4.69) is 53.4 Å². The third-order valence-corrected chi connectivity index (χ3v) is 15.2. The van der Waals surface area contributed by atoms with Crippen molar-refractivity contribution in [3.05, 3.63) is 12.2 Å². The number of fused-ring (bicyclic) bond motifs is 7. The molecule has 44 heavy (non-hydrogen) atoms. The molecule has 1 amide bonds. The Bertz CT molecular complexity index is 1210. The molecule has 0 heterocycles. The van der Waals surface area contributed by atoms with Gasteiger partial charge in [0.25, 0.3) is 0 Å². The van der Waals surface area contributed by atoms with Crippen molar-refractivity contribution in [3.8, 4) is 0 Å². The highest BCUT2D eigenvalue weighted by atomic mass is 16.5. The molecule has 0 saturated heterocycles. The normalized spacial score (nSPS) is 44.3. The van der Waals surface area contributed by atoms with Crippen LogP contribution in [0.4, 0.5) is 0 Å². The van der Waals surface area contributed by atoms with E-state index in [9.17, 15) is 19.5 Å². The van der Waals surface area contributed by atoms with Crippen LogP contribution in [0.1, 0.15) is 132 Å². The lowest BCUT2D eigenvalue weighted by atomic mass is 9.32. The summed E-state index contributed by atoms with van der Waals surface area (Å²) in [5.41, 5.74) is 0.746. The second kappa shape index (κ2) is 10.9. The molecule has 0 bridgehead atoms. The fourth-order valence-corrected chi connectivity index (χ4v) is 13.0. The first-order chi connectivity index (χ1) is 20.3. The molecular weight excluding hydrogens is 550 g/mol. The van der Waals surface area contributed by atoms with Gasteiger partial charge in [0.05, 0.1) is 18.3 Å². The zero-order chi connectivity index (χ0) is 32.7. The number of hydrogen-bond acceptors (Lipinski definition) is 4. The van der Waals surface area contributed by atoms with E-state index in [1.807, 2.05) is 20.9 Å². The summed E-state index contributed by atoms with van der Waals surface area (Å²) >= 11 is 0. The van der Waals surface area contributed by atoms with E-state index < -0.39 is 11.4 Å². The van der Waals surface area contributed by atoms with Crippen LogP contribution < -0.4 is 5.32 Å². The van der Waals surface area contributed by atoms with E-state index in [-0.39, 0.29) is 57.9 Å². The molecule has 0 spiro atoms. The van der Waals surface area contributed by atoms with Crippen molar-refractivity contribution in [3.63, 3.8) is 0 Å². The van der Waals surface area contributed by atoms with Crippen molar-refractivity contribution in [1.29, 1.82) is 0 Å². The lowest BCUT2D eigenvalue weighted by molar-refractivity contribution is -0.249. The summed E-state index contributed by atoms with van der Waals surface area (Å²) in [5, 5.41) is 12.4. The highest BCUT2D eigenvalue weighted by Crippen LogP contribution is 2.77. The number of nitrogens with one attached hydrogen (secondary N) is 1. The molecule has 5 aliphatic rings. The second-order valence-electron chi connectivity index (χ2n) is 18.2. The Morgan fingerprint density at radius 2 is 1.55 bits per heavy atom. The first-order valence-electron chi connectivity index (χ1n) is 17.6. The Labute approximate surface area is 266 Å². The largest absolute Gasteiger partial charge is 0.481 e. The topological polar surface area (TPSA) is 92.7 Å². The SMILES string of the molecule is C=C(C)[C@@H]1CC[C@]2(C(=O)NC)CC[C@]3(C)C(CCC4[C@@]5(C)CC[C@H](OC(=O)CC(C)(C)CC(=O)O)C(C)(C)C5CC[C@]43C)C12. The van der Waals surface area contributed by atoms with Gasteiger partial charge in [0.15, 0.2) is 0 Å². The van der Waals surface area contributed by atoms with Gasteiger partial charge in [-0.15, -0.1) is 0 Å². The summed E-state index contributed by atoms with van der Waals surface area (Å²) < 4.78 is 6.23. The molecule has 6 nitrogen and oxygen atoms in total. The lowest BCUT2D eigenvalue weighted by Gasteiger charge is -2.72. The zero-order valence-corrected chi connectivity index (χ0v) is 29.2. The molecule has 10 atom stereocenters. The van der Waals surface area contributed by atoms with E-state index >= 15 is 0 Å². The third-order valence-electron chi connectivity index (χ3n) is 15.2. The standard InChI is InChI=1S/C38H61NO5/c1-23(2)24-13-18-38(32(43)39-10)20-19-36(8)25(31(24)38)11-12-27-35(7)16-15-28(34(5,6)26(35)14-17-37(27,36)9)44-30(42)22-33(3,4)21-29(40)41/h24-28,31H,1,11-22H2,2-10H3,(H,39,43)(H,40,41)/t24-,25?,26?,27?,28-,31?,35-,36+,37+,38-/m0/s1. The average molecular weight is 612 g/mol. The predicted octanol–water partition coefficient (Wildman–Crippen LogP) is 8.19. The Kier molecular flexibility index (Phi) is 8.27. The van der Waals surface area contributed by atoms with Crippen LogP contribution in [0.3, 0.4) is 0 Å². The second-order valence-corrected chi connectivity index (χ2v) is 18.2. The first-order valence-corrected chi connectivity index (χ1v) is 17.6. The van der Waals surface area contributed by atoms with Crippen LogP contribution in [-0.4, -0.2) is 36.1 Å². The fourth-order valence-electron chi connectivity index (χ4n) is 13.0. The highest BCUT2D eigenvalue weighted by Gasteiger charge is 2.72. The van der Waals surface area contributed by atoms with Gasteiger partial charge >= 0.3 is 11.9 Å². The van der Waals surface area contributed by atoms with Crippen molar-refractivity contribution >= 4 is 17.8 Å². The van der Waals surface area contributed by atoms with Crippen molar-refractivity contribution in [1.82, 2.24) is 5.32 Å². The number of carboxylic acids is 1. The molecule has 248 valence electrons. The van der Waals surface area contributed by atoms with Gasteiger partial charge in [-0.2, -0.15) is 0 Å². The van der Waals surface area contributed by atoms with Gasteiger partial charge in [0.1, 0.15) is 6.10 Å². The first kappa shape index (κ1) is 33.5. The van der Waals surface area contributed by atoms with Crippen molar-refractivity contribution in [2.75, 3.05) is 7.05 Å². The van der Waals surface area contributed by atoms with Crippen LogP contribution in [-0.2, 0) is 19.1 Å². The van der Waals surface area contributed by atoms with Crippen LogP contribution in [0.5, 0.6) is 0 Å². The smallest absolute Gasteiger partial charge is 0.306 e. The minimum atomic E-state index is -0.884. The van der Waals surface area contributed by atoms with Gasteiger partial charge in [0, 0.05) is 12.5 Å². The molecule has 6 heteroatoms. The van der Waals surface area contributed by atoms with Gasteiger partial charge in [-0.05, 0) is 122 Å². The Balaban J connectivity index is 1.40. The van der Waals surface area contributed by atoms with Crippen molar-refractivity contribution < 1.29 is 24.2 Å². The predicted molar refractivity (Wildman–Crippen MR) is 174 cm³/mol.